The molecule has 0 aliphatic rings. The topological polar surface area (TPSA) is 42.2 Å². The highest BCUT2D eigenvalue weighted by molar-refractivity contribution is 7.10. The molecule has 3 rings (SSSR count). The van der Waals surface area contributed by atoms with Crippen molar-refractivity contribution in [3.05, 3.63) is 68.6 Å². The molecule has 0 spiro atoms. The first-order chi connectivity index (χ1) is 10.3. The van der Waals surface area contributed by atoms with Gasteiger partial charge in [0, 0.05) is 21.9 Å². The highest BCUT2D eigenvalue weighted by Crippen LogP contribution is 2.17. The largest absolute Gasteiger partial charge is 0.384 e. The number of thiophene rings is 1. The fourth-order valence-electron chi connectivity index (χ4n) is 2.23. The summed E-state index contributed by atoms with van der Waals surface area (Å²) in [5.74, 6) is 5.50. The van der Waals surface area contributed by atoms with Crippen molar-refractivity contribution in [2.24, 2.45) is 0 Å². The Morgan fingerprint density at radius 2 is 2.05 bits per heavy atom. The molecular weight excluding hydrogens is 282 g/mol. The molecule has 0 atom stereocenters. The SMILES string of the molecule is O=c1ccc2ccccc2n1Cc1cc(C#CCO)cs1. The quantitative estimate of drug-likeness (QED) is 0.738. The minimum atomic E-state index is -0.145. The van der Waals surface area contributed by atoms with Gasteiger partial charge >= 0.3 is 0 Å². The van der Waals surface area contributed by atoms with Crippen LogP contribution in [0.15, 0.2) is 52.6 Å². The Morgan fingerprint density at radius 1 is 1.19 bits per heavy atom. The molecule has 2 aromatic heterocycles. The minimum absolute atomic E-state index is 0.00917. The van der Waals surface area contributed by atoms with Gasteiger partial charge in [-0.15, -0.1) is 11.3 Å². The molecule has 1 aromatic carbocycles. The molecule has 21 heavy (non-hydrogen) atoms. The van der Waals surface area contributed by atoms with Gasteiger partial charge in [-0.2, -0.15) is 0 Å². The Bertz CT molecular complexity index is 896. The Kier molecular flexibility index (Phi) is 3.87. The van der Waals surface area contributed by atoms with Gasteiger partial charge in [-0.05, 0) is 23.6 Å². The van der Waals surface area contributed by atoms with Crippen molar-refractivity contribution in [1.82, 2.24) is 4.57 Å². The minimum Gasteiger partial charge on any atom is -0.384 e. The zero-order valence-corrected chi connectivity index (χ0v) is 12.1. The molecule has 0 bridgehead atoms. The molecule has 0 aliphatic carbocycles. The number of benzene rings is 1. The Labute approximate surface area is 126 Å². The highest BCUT2D eigenvalue weighted by Gasteiger charge is 2.05. The van der Waals surface area contributed by atoms with E-state index in [1.165, 1.54) is 0 Å². The van der Waals surface area contributed by atoms with Crippen LogP contribution in [0, 0.1) is 11.8 Å². The van der Waals surface area contributed by atoms with Crippen molar-refractivity contribution in [2.45, 2.75) is 6.54 Å². The monoisotopic (exact) mass is 295 g/mol. The first-order valence-electron chi connectivity index (χ1n) is 6.53. The van der Waals surface area contributed by atoms with Crippen LogP contribution in [0.4, 0.5) is 0 Å². The lowest BCUT2D eigenvalue weighted by atomic mass is 10.2. The van der Waals surface area contributed by atoms with E-state index in [9.17, 15) is 4.79 Å². The second-order valence-corrected chi connectivity index (χ2v) is 5.57. The van der Waals surface area contributed by atoms with Crippen LogP contribution >= 0.6 is 11.3 Å². The highest BCUT2D eigenvalue weighted by atomic mass is 32.1. The predicted octanol–water partition coefficient (Wildman–Crippen LogP) is 2.46. The first-order valence-corrected chi connectivity index (χ1v) is 7.41. The van der Waals surface area contributed by atoms with Gasteiger partial charge in [0.2, 0.25) is 0 Å². The van der Waals surface area contributed by atoms with Gasteiger partial charge in [-0.25, -0.2) is 0 Å². The van der Waals surface area contributed by atoms with E-state index < -0.39 is 0 Å². The molecule has 0 saturated carbocycles. The van der Waals surface area contributed by atoms with Crippen LogP contribution in [-0.2, 0) is 6.54 Å². The zero-order valence-electron chi connectivity index (χ0n) is 11.2. The second kappa shape index (κ2) is 5.96. The average Bonchev–Trinajstić information content (AvgIpc) is 2.96. The van der Waals surface area contributed by atoms with Crippen LogP contribution < -0.4 is 5.56 Å². The molecule has 0 aliphatic heterocycles. The molecular formula is C17H13NO2S. The molecule has 0 radical (unpaired) electrons. The summed E-state index contributed by atoms with van der Waals surface area (Å²) in [6.07, 6.45) is 0. The lowest BCUT2D eigenvalue weighted by Crippen LogP contribution is -2.19. The molecule has 1 N–H and O–H groups in total. The van der Waals surface area contributed by atoms with Crippen molar-refractivity contribution >= 4 is 22.2 Å². The average molecular weight is 295 g/mol. The number of fused-ring (bicyclic) bond motifs is 1. The van der Waals surface area contributed by atoms with Crippen LogP contribution in [0.5, 0.6) is 0 Å². The van der Waals surface area contributed by atoms with E-state index in [0.29, 0.717) is 6.54 Å². The van der Waals surface area contributed by atoms with Gasteiger partial charge in [-0.1, -0.05) is 30.0 Å². The summed E-state index contributed by atoms with van der Waals surface area (Å²) in [5, 5.41) is 11.7. The van der Waals surface area contributed by atoms with Crippen molar-refractivity contribution in [2.75, 3.05) is 6.61 Å². The molecule has 3 nitrogen and oxygen atoms in total. The van der Waals surface area contributed by atoms with Crippen LogP contribution in [0.2, 0.25) is 0 Å². The molecule has 3 aromatic rings. The van der Waals surface area contributed by atoms with Crippen molar-refractivity contribution in [3.63, 3.8) is 0 Å². The van der Waals surface area contributed by atoms with E-state index in [0.717, 1.165) is 21.3 Å². The molecule has 0 amide bonds. The summed E-state index contributed by atoms with van der Waals surface area (Å²) >= 11 is 1.57. The summed E-state index contributed by atoms with van der Waals surface area (Å²) in [4.78, 5) is 13.2. The van der Waals surface area contributed by atoms with Gasteiger partial charge in [0.05, 0.1) is 12.1 Å². The second-order valence-electron chi connectivity index (χ2n) is 4.58. The summed E-state index contributed by atoms with van der Waals surface area (Å²) in [7, 11) is 0. The maximum atomic E-state index is 12.1. The van der Waals surface area contributed by atoms with Crippen molar-refractivity contribution < 1.29 is 5.11 Å². The number of aliphatic hydroxyl groups is 1. The fourth-order valence-corrected chi connectivity index (χ4v) is 3.04. The number of aliphatic hydroxyl groups excluding tert-OH is 1. The fraction of sp³-hybridized carbons (Fsp3) is 0.118. The van der Waals surface area contributed by atoms with Crippen LogP contribution in [0.1, 0.15) is 10.4 Å². The standard InChI is InChI=1S/C17H13NO2S/c19-9-3-4-13-10-15(21-12-13)11-18-16-6-2-1-5-14(16)7-8-17(18)20/h1-2,5-8,10,12,19H,9,11H2. The van der Waals surface area contributed by atoms with E-state index >= 15 is 0 Å². The zero-order chi connectivity index (χ0) is 14.7. The number of pyridine rings is 1. The van der Waals surface area contributed by atoms with Crippen LogP contribution in [0.3, 0.4) is 0 Å². The lowest BCUT2D eigenvalue weighted by Gasteiger charge is -2.08. The molecule has 2 heterocycles. The summed E-state index contributed by atoms with van der Waals surface area (Å²) in [5.41, 5.74) is 1.80. The molecule has 0 saturated heterocycles. The number of hydrogen-bond acceptors (Lipinski definition) is 3. The normalized spacial score (nSPS) is 10.3. The number of rotatable bonds is 2. The van der Waals surface area contributed by atoms with E-state index in [2.05, 4.69) is 11.8 Å². The Morgan fingerprint density at radius 3 is 2.90 bits per heavy atom. The van der Waals surface area contributed by atoms with Crippen LogP contribution in [0.25, 0.3) is 10.9 Å². The van der Waals surface area contributed by atoms with Gasteiger partial charge in [-0.3, -0.25) is 4.79 Å². The van der Waals surface area contributed by atoms with Crippen molar-refractivity contribution in [3.8, 4) is 11.8 Å². The third kappa shape index (κ3) is 2.89. The number of nitrogens with zero attached hydrogens (tertiary/aromatic N) is 1. The predicted molar refractivity (Wildman–Crippen MR) is 85.6 cm³/mol. The Hall–Kier alpha value is -2.35. The van der Waals surface area contributed by atoms with Gasteiger partial charge in [0.1, 0.15) is 6.61 Å². The van der Waals surface area contributed by atoms with Gasteiger partial charge in [0.25, 0.3) is 5.56 Å². The lowest BCUT2D eigenvalue weighted by molar-refractivity contribution is 0.350. The molecule has 0 unspecified atom stereocenters. The summed E-state index contributed by atoms with van der Waals surface area (Å²) < 4.78 is 1.77. The van der Waals surface area contributed by atoms with Crippen LogP contribution in [-0.4, -0.2) is 16.3 Å². The van der Waals surface area contributed by atoms with Crippen molar-refractivity contribution in [1.29, 1.82) is 0 Å². The number of aromatic nitrogens is 1. The van der Waals surface area contributed by atoms with E-state index in [4.69, 9.17) is 5.11 Å². The van der Waals surface area contributed by atoms with Gasteiger partial charge < -0.3 is 9.67 Å². The van der Waals surface area contributed by atoms with E-state index in [1.54, 1.807) is 22.0 Å². The maximum Gasteiger partial charge on any atom is 0.251 e. The Balaban J connectivity index is 2.00. The summed E-state index contributed by atoms with van der Waals surface area (Å²) in [6, 6.07) is 13.3. The number of para-hydroxylation sites is 1. The third-order valence-electron chi connectivity index (χ3n) is 3.18. The smallest absolute Gasteiger partial charge is 0.251 e. The maximum absolute atomic E-state index is 12.1. The molecule has 4 heteroatoms. The molecule has 104 valence electrons. The van der Waals surface area contributed by atoms with E-state index in [1.807, 2.05) is 41.8 Å². The van der Waals surface area contributed by atoms with E-state index in [-0.39, 0.29) is 12.2 Å². The third-order valence-corrected chi connectivity index (χ3v) is 4.10. The van der Waals surface area contributed by atoms with Gasteiger partial charge in [0.15, 0.2) is 0 Å². The first kappa shape index (κ1) is 13.6. The summed E-state index contributed by atoms with van der Waals surface area (Å²) in [6.45, 7) is 0.389. The number of hydrogen-bond donors (Lipinski definition) is 1. The molecule has 0 fully saturated rings.